The molecule has 3 rings (SSSR count). The zero-order valence-corrected chi connectivity index (χ0v) is 14.4. The van der Waals surface area contributed by atoms with Crippen molar-refractivity contribution >= 4 is 34.7 Å². The van der Waals surface area contributed by atoms with Gasteiger partial charge in [0.25, 0.3) is 5.91 Å². The molecule has 136 valence electrons. The summed E-state index contributed by atoms with van der Waals surface area (Å²) in [4.78, 5) is 31.3. The molecule has 3 aromatic rings. The third-order valence-electron chi connectivity index (χ3n) is 3.50. The number of anilines is 4. The van der Waals surface area contributed by atoms with E-state index in [2.05, 4.69) is 25.9 Å². The molecule has 0 saturated heterocycles. The van der Waals surface area contributed by atoms with Crippen LogP contribution in [-0.4, -0.2) is 21.8 Å². The Kier molecular flexibility index (Phi) is 5.36. The Balaban J connectivity index is 1.70. The molecule has 0 spiro atoms. The molecule has 0 unspecified atom stereocenters. The van der Waals surface area contributed by atoms with E-state index in [1.54, 1.807) is 42.5 Å². The third-order valence-corrected chi connectivity index (χ3v) is 3.50. The number of nitrogens with one attached hydrogen (secondary N) is 3. The van der Waals surface area contributed by atoms with Crippen molar-refractivity contribution in [2.75, 3.05) is 16.0 Å². The van der Waals surface area contributed by atoms with Crippen molar-refractivity contribution in [3.63, 3.8) is 0 Å². The number of rotatable bonds is 5. The molecule has 2 amide bonds. The number of hydrogen-bond acceptors (Lipinski definition) is 5. The molecule has 2 aromatic carbocycles. The summed E-state index contributed by atoms with van der Waals surface area (Å²) in [7, 11) is 0. The van der Waals surface area contributed by atoms with Gasteiger partial charge < -0.3 is 16.0 Å². The summed E-state index contributed by atoms with van der Waals surface area (Å²) in [6.45, 7) is 1.41. The van der Waals surface area contributed by atoms with Gasteiger partial charge in [-0.1, -0.05) is 12.1 Å². The first kappa shape index (κ1) is 18.0. The van der Waals surface area contributed by atoms with Crippen LogP contribution in [0.4, 0.5) is 27.3 Å². The van der Waals surface area contributed by atoms with Crippen molar-refractivity contribution in [3.8, 4) is 0 Å². The highest BCUT2D eigenvalue weighted by molar-refractivity contribution is 6.03. The molecule has 8 heteroatoms. The Labute approximate surface area is 154 Å². The van der Waals surface area contributed by atoms with E-state index < -0.39 is 11.7 Å². The van der Waals surface area contributed by atoms with Crippen LogP contribution in [-0.2, 0) is 4.79 Å². The van der Waals surface area contributed by atoms with Crippen LogP contribution in [0.15, 0.2) is 60.9 Å². The number of benzene rings is 2. The maximum atomic E-state index is 13.7. The molecule has 7 nitrogen and oxygen atoms in total. The molecule has 0 saturated carbocycles. The number of para-hydroxylation sites is 1. The average Bonchev–Trinajstić information content (AvgIpc) is 2.65. The summed E-state index contributed by atoms with van der Waals surface area (Å²) in [5, 5.41) is 8.15. The number of carbonyl (C=O) groups is 2. The molecule has 27 heavy (non-hydrogen) atoms. The van der Waals surface area contributed by atoms with E-state index in [4.69, 9.17) is 0 Å². The summed E-state index contributed by atoms with van der Waals surface area (Å²) in [5.41, 5.74) is 1.53. The van der Waals surface area contributed by atoms with Crippen LogP contribution in [0.2, 0.25) is 0 Å². The maximum absolute atomic E-state index is 13.7. The van der Waals surface area contributed by atoms with Crippen molar-refractivity contribution in [1.29, 1.82) is 0 Å². The predicted molar refractivity (Wildman–Crippen MR) is 100 cm³/mol. The van der Waals surface area contributed by atoms with Gasteiger partial charge in [-0.3, -0.25) is 9.59 Å². The van der Waals surface area contributed by atoms with E-state index >= 15 is 0 Å². The largest absolute Gasteiger partial charge is 0.338 e. The highest BCUT2D eigenvalue weighted by Gasteiger charge is 2.10. The van der Waals surface area contributed by atoms with Crippen molar-refractivity contribution in [2.24, 2.45) is 0 Å². The molecule has 0 aliphatic carbocycles. The van der Waals surface area contributed by atoms with Crippen LogP contribution in [0, 0.1) is 5.82 Å². The Morgan fingerprint density at radius 2 is 1.59 bits per heavy atom. The van der Waals surface area contributed by atoms with Crippen molar-refractivity contribution < 1.29 is 14.0 Å². The smallest absolute Gasteiger partial charge is 0.274 e. The standard InChI is InChI=1S/C19H16FN5O2/c1-12(26)23-13-6-8-14(9-7-13)24-19(27)17-10-18(22-11-21-17)25-16-5-3-2-4-15(16)20/h2-11H,1H3,(H,23,26)(H,24,27)(H,21,22,25). The van der Waals surface area contributed by atoms with E-state index in [-0.39, 0.29) is 17.3 Å². The average molecular weight is 365 g/mol. The first-order chi connectivity index (χ1) is 13.0. The van der Waals surface area contributed by atoms with E-state index in [0.29, 0.717) is 17.2 Å². The monoisotopic (exact) mass is 365 g/mol. The third kappa shape index (κ3) is 4.85. The summed E-state index contributed by atoms with van der Waals surface area (Å²) >= 11 is 0. The van der Waals surface area contributed by atoms with Gasteiger partial charge in [0, 0.05) is 24.4 Å². The van der Waals surface area contributed by atoms with Crippen LogP contribution in [0.1, 0.15) is 17.4 Å². The van der Waals surface area contributed by atoms with E-state index in [1.807, 2.05) is 0 Å². The van der Waals surface area contributed by atoms with Gasteiger partial charge in [-0.2, -0.15) is 0 Å². The second kappa shape index (κ2) is 8.05. The van der Waals surface area contributed by atoms with Crippen LogP contribution in [0.5, 0.6) is 0 Å². The summed E-state index contributed by atoms with van der Waals surface area (Å²) in [6, 6.07) is 14.2. The van der Waals surface area contributed by atoms with Crippen molar-refractivity contribution in [2.45, 2.75) is 6.92 Å². The fourth-order valence-corrected chi connectivity index (χ4v) is 2.29. The number of hydrogen-bond donors (Lipinski definition) is 3. The summed E-state index contributed by atoms with van der Waals surface area (Å²) in [6.07, 6.45) is 1.22. The van der Waals surface area contributed by atoms with Crippen LogP contribution in [0.25, 0.3) is 0 Å². The lowest BCUT2D eigenvalue weighted by Crippen LogP contribution is -2.14. The Hall–Kier alpha value is -3.81. The molecular formula is C19H16FN5O2. The lowest BCUT2D eigenvalue weighted by molar-refractivity contribution is -0.114. The lowest BCUT2D eigenvalue weighted by atomic mass is 10.2. The molecule has 0 atom stereocenters. The predicted octanol–water partition coefficient (Wildman–Crippen LogP) is 3.57. The SMILES string of the molecule is CC(=O)Nc1ccc(NC(=O)c2cc(Nc3ccccc3F)ncn2)cc1. The highest BCUT2D eigenvalue weighted by atomic mass is 19.1. The lowest BCUT2D eigenvalue weighted by Gasteiger charge is -2.09. The number of aromatic nitrogens is 2. The fourth-order valence-electron chi connectivity index (χ4n) is 2.29. The minimum absolute atomic E-state index is 0.120. The summed E-state index contributed by atoms with van der Waals surface area (Å²) < 4.78 is 13.7. The van der Waals surface area contributed by atoms with Crippen molar-refractivity contribution in [1.82, 2.24) is 9.97 Å². The Bertz CT molecular complexity index is 976. The number of halogens is 1. The second-order valence-electron chi connectivity index (χ2n) is 5.61. The minimum atomic E-state index is -0.443. The van der Waals surface area contributed by atoms with E-state index in [1.165, 1.54) is 25.4 Å². The summed E-state index contributed by atoms with van der Waals surface area (Å²) in [5.74, 6) is -0.758. The van der Waals surface area contributed by atoms with Gasteiger partial charge in [-0.15, -0.1) is 0 Å². The molecule has 1 heterocycles. The van der Waals surface area contributed by atoms with Crippen LogP contribution >= 0.6 is 0 Å². The topological polar surface area (TPSA) is 96.0 Å². The van der Waals surface area contributed by atoms with Crippen molar-refractivity contribution in [3.05, 3.63) is 72.4 Å². The number of amides is 2. The normalized spacial score (nSPS) is 10.1. The zero-order chi connectivity index (χ0) is 19.2. The molecular weight excluding hydrogens is 349 g/mol. The van der Waals surface area contributed by atoms with Gasteiger partial charge in [0.05, 0.1) is 5.69 Å². The second-order valence-corrected chi connectivity index (χ2v) is 5.61. The van der Waals surface area contributed by atoms with Gasteiger partial charge in [-0.05, 0) is 36.4 Å². The Morgan fingerprint density at radius 1 is 0.926 bits per heavy atom. The molecule has 0 fully saturated rings. The van der Waals surface area contributed by atoms with Gasteiger partial charge in [0.1, 0.15) is 23.7 Å². The molecule has 3 N–H and O–H groups in total. The highest BCUT2D eigenvalue weighted by Crippen LogP contribution is 2.19. The number of nitrogens with zero attached hydrogens (tertiary/aromatic N) is 2. The van der Waals surface area contributed by atoms with Crippen LogP contribution in [0.3, 0.4) is 0 Å². The first-order valence-electron chi connectivity index (χ1n) is 8.04. The minimum Gasteiger partial charge on any atom is -0.338 e. The fraction of sp³-hybridized carbons (Fsp3) is 0.0526. The molecule has 0 radical (unpaired) electrons. The first-order valence-corrected chi connectivity index (χ1v) is 8.04. The molecule has 0 aliphatic rings. The van der Waals surface area contributed by atoms with E-state index in [9.17, 15) is 14.0 Å². The van der Waals surface area contributed by atoms with Gasteiger partial charge in [-0.25, -0.2) is 14.4 Å². The molecule has 0 bridgehead atoms. The quantitative estimate of drug-likeness (QED) is 0.642. The maximum Gasteiger partial charge on any atom is 0.274 e. The number of carbonyl (C=O) groups excluding carboxylic acids is 2. The molecule has 1 aromatic heterocycles. The van der Waals surface area contributed by atoms with Gasteiger partial charge >= 0.3 is 0 Å². The van der Waals surface area contributed by atoms with E-state index in [0.717, 1.165) is 0 Å². The zero-order valence-electron chi connectivity index (χ0n) is 14.4. The van der Waals surface area contributed by atoms with Crippen LogP contribution < -0.4 is 16.0 Å². The Morgan fingerprint density at radius 3 is 2.26 bits per heavy atom. The van der Waals surface area contributed by atoms with Gasteiger partial charge in [0.2, 0.25) is 5.91 Å². The molecule has 0 aliphatic heterocycles. The van der Waals surface area contributed by atoms with Gasteiger partial charge in [0.15, 0.2) is 0 Å².